The molecule has 1 atom stereocenters. The molecule has 1 fully saturated rings. The Balaban J connectivity index is 1.53. The van der Waals surface area contributed by atoms with Crippen LogP contribution in [-0.2, 0) is 21.2 Å². The number of fused-ring (bicyclic) bond motifs is 1. The van der Waals surface area contributed by atoms with Crippen LogP contribution < -0.4 is 9.47 Å². The Hall–Kier alpha value is -2.58. The van der Waals surface area contributed by atoms with Crippen molar-refractivity contribution in [2.75, 3.05) is 33.4 Å². The van der Waals surface area contributed by atoms with Crippen molar-refractivity contribution < 1.29 is 27.4 Å². The third-order valence-electron chi connectivity index (χ3n) is 5.33. The Morgan fingerprint density at radius 2 is 1.93 bits per heavy atom. The number of rotatable bonds is 5. The average Bonchev–Trinajstić information content (AvgIpc) is 3.22. The fourth-order valence-corrected chi connectivity index (χ4v) is 5.56. The minimum atomic E-state index is -3.70. The van der Waals surface area contributed by atoms with Crippen molar-refractivity contribution in [1.82, 2.24) is 4.31 Å². The molecule has 0 radical (unpaired) electrons. The molecule has 0 aliphatic carbocycles. The Bertz CT molecular complexity index is 1020. The highest BCUT2D eigenvalue weighted by molar-refractivity contribution is 7.89. The number of methoxy groups -OCH3 is 1. The van der Waals surface area contributed by atoms with Gasteiger partial charge in [-0.2, -0.15) is 4.31 Å². The summed E-state index contributed by atoms with van der Waals surface area (Å²) in [6, 6.07) is 12.2. The van der Waals surface area contributed by atoms with Crippen molar-refractivity contribution in [1.29, 1.82) is 0 Å². The molecule has 2 aromatic rings. The van der Waals surface area contributed by atoms with E-state index in [4.69, 9.17) is 14.2 Å². The topological polar surface area (TPSA) is 82.1 Å². The van der Waals surface area contributed by atoms with Crippen LogP contribution in [0.4, 0.5) is 0 Å². The molecular formula is C21H23NO6S. The number of hydrogen-bond acceptors (Lipinski definition) is 6. The van der Waals surface area contributed by atoms with Crippen molar-refractivity contribution >= 4 is 16.0 Å². The molecule has 0 spiro atoms. The Labute approximate surface area is 170 Å². The molecule has 1 unspecified atom stereocenters. The van der Waals surface area contributed by atoms with E-state index >= 15 is 0 Å². The summed E-state index contributed by atoms with van der Waals surface area (Å²) in [5.41, 5.74) is 1.40. The van der Waals surface area contributed by atoms with E-state index in [9.17, 15) is 13.2 Å². The number of ether oxygens (including phenoxy) is 3. The lowest BCUT2D eigenvalue weighted by Crippen LogP contribution is -2.30. The van der Waals surface area contributed by atoms with Gasteiger partial charge in [0.1, 0.15) is 18.1 Å². The van der Waals surface area contributed by atoms with Crippen LogP contribution in [-0.4, -0.2) is 52.1 Å². The molecule has 154 valence electrons. The predicted molar refractivity (Wildman–Crippen MR) is 106 cm³/mol. The fourth-order valence-electron chi connectivity index (χ4n) is 3.89. The smallest absolute Gasteiger partial charge is 0.338 e. The SMILES string of the molecule is COC(=O)c1ccccc1CC1CCN(S(=O)(=O)c2cccc3c2OCCO3)C1. The summed E-state index contributed by atoms with van der Waals surface area (Å²) in [7, 11) is -2.34. The standard InChI is InChI=1S/C21H23NO6S/c1-26-21(23)17-6-3-2-5-16(17)13-15-9-10-22(14-15)29(24,25)19-8-4-7-18-20(19)28-12-11-27-18/h2-8,15H,9-14H2,1H3. The summed E-state index contributed by atoms with van der Waals surface area (Å²) < 4.78 is 43.9. The minimum Gasteiger partial charge on any atom is -0.486 e. The summed E-state index contributed by atoms with van der Waals surface area (Å²) in [4.78, 5) is 12.1. The van der Waals surface area contributed by atoms with E-state index in [2.05, 4.69) is 0 Å². The molecule has 0 N–H and O–H groups in total. The normalized spacial score (nSPS) is 19.1. The first-order valence-electron chi connectivity index (χ1n) is 9.55. The van der Waals surface area contributed by atoms with E-state index in [1.165, 1.54) is 11.4 Å². The minimum absolute atomic E-state index is 0.118. The van der Waals surface area contributed by atoms with Gasteiger partial charge >= 0.3 is 5.97 Å². The van der Waals surface area contributed by atoms with Crippen molar-refractivity contribution in [2.24, 2.45) is 5.92 Å². The van der Waals surface area contributed by atoms with E-state index in [1.54, 1.807) is 30.3 Å². The van der Waals surface area contributed by atoms with E-state index in [-0.39, 0.29) is 16.8 Å². The van der Waals surface area contributed by atoms with Crippen LogP contribution in [0, 0.1) is 5.92 Å². The molecule has 2 aliphatic rings. The molecule has 0 bridgehead atoms. The zero-order chi connectivity index (χ0) is 20.4. The summed E-state index contributed by atoms with van der Waals surface area (Å²) in [6.45, 7) is 1.55. The first-order valence-corrected chi connectivity index (χ1v) is 11.0. The molecule has 4 rings (SSSR count). The number of hydrogen-bond donors (Lipinski definition) is 0. The quantitative estimate of drug-likeness (QED) is 0.696. The summed E-state index contributed by atoms with van der Waals surface area (Å²) >= 11 is 0. The lowest BCUT2D eigenvalue weighted by Gasteiger charge is -2.23. The van der Waals surface area contributed by atoms with Gasteiger partial charge in [-0.05, 0) is 42.5 Å². The van der Waals surface area contributed by atoms with E-state index in [0.29, 0.717) is 49.8 Å². The molecule has 0 aromatic heterocycles. The van der Waals surface area contributed by atoms with Crippen LogP contribution in [0.2, 0.25) is 0 Å². The molecule has 29 heavy (non-hydrogen) atoms. The van der Waals surface area contributed by atoms with E-state index in [0.717, 1.165) is 12.0 Å². The predicted octanol–water partition coefficient (Wildman–Crippen LogP) is 2.50. The maximum Gasteiger partial charge on any atom is 0.338 e. The second kappa shape index (κ2) is 8.04. The number of nitrogens with zero attached hydrogens (tertiary/aromatic N) is 1. The van der Waals surface area contributed by atoms with Gasteiger partial charge in [0.15, 0.2) is 11.5 Å². The van der Waals surface area contributed by atoms with Gasteiger partial charge in [0.25, 0.3) is 0 Å². The Morgan fingerprint density at radius 3 is 2.76 bits per heavy atom. The van der Waals surface area contributed by atoms with Crippen LogP contribution in [0.25, 0.3) is 0 Å². The van der Waals surface area contributed by atoms with Gasteiger partial charge in [-0.25, -0.2) is 13.2 Å². The van der Waals surface area contributed by atoms with Gasteiger partial charge in [-0.1, -0.05) is 24.3 Å². The highest BCUT2D eigenvalue weighted by Crippen LogP contribution is 2.39. The van der Waals surface area contributed by atoms with Crippen LogP contribution in [0.15, 0.2) is 47.4 Å². The van der Waals surface area contributed by atoms with Gasteiger partial charge in [0.2, 0.25) is 10.0 Å². The van der Waals surface area contributed by atoms with Gasteiger partial charge in [0, 0.05) is 13.1 Å². The molecule has 0 amide bonds. The molecular weight excluding hydrogens is 394 g/mol. The zero-order valence-electron chi connectivity index (χ0n) is 16.2. The summed E-state index contributed by atoms with van der Waals surface area (Å²) in [6.07, 6.45) is 1.34. The first-order chi connectivity index (χ1) is 14.0. The third-order valence-corrected chi connectivity index (χ3v) is 7.22. The lowest BCUT2D eigenvalue weighted by atomic mass is 9.95. The molecule has 7 nitrogen and oxygen atoms in total. The Kier molecular flexibility index (Phi) is 5.47. The number of para-hydroxylation sites is 1. The average molecular weight is 417 g/mol. The Morgan fingerprint density at radius 1 is 1.14 bits per heavy atom. The maximum atomic E-state index is 13.2. The van der Waals surface area contributed by atoms with Gasteiger partial charge in [-0.15, -0.1) is 0 Å². The van der Waals surface area contributed by atoms with Crippen LogP contribution in [0.3, 0.4) is 0 Å². The highest BCUT2D eigenvalue weighted by Gasteiger charge is 2.36. The van der Waals surface area contributed by atoms with Gasteiger partial charge in [0.05, 0.1) is 12.7 Å². The summed E-state index contributed by atoms with van der Waals surface area (Å²) in [5.74, 6) is 0.488. The van der Waals surface area contributed by atoms with Crippen molar-refractivity contribution in [3.05, 3.63) is 53.6 Å². The van der Waals surface area contributed by atoms with Gasteiger partial charge in [-0.3, -0.25) is 0 Å². The molecule has 1 saturated heterocycles. The second-order valence-corrected chi connectivity index (χ2v) is 9.06. The molecule has 2 aliphatic heterocycles. The van der Waals surface area contributed by atoms with Crippen molar-refractivity contribution in [3.63, 3.8) is 0 Å². The number of esters is 1. The fraction of sp³-hybridized carbons (Fsp3) is 0.381. The lowest BCUT2D eigenvalue weighted by molar-refractivity contribution is 0.0599. The molecule has 2 aromatic carbocycles. The molecule has 0 saturated carbocycles. The maximum absolute atomic E-state index is 13.2. The van der Waals surface area contributed by atoms with Crippen LogP contribution >= 0.6 is 0 Å². The molecule has 8 heteroatoms. The zero-order valence-corrected chi connectivity index (χ0v) is 17.0. The van der Waals surface area contributed by atoms with Crippen molar-refractivity contribution in [2.45, 2.75) is 17.7 Å². The van der Waals surface area contributed by atoms with Crippen molar-refractivity contribution in [3.8, 4) is 11.5 Å². The number of carbonyl (C=O) groups excluding carboxylic acids is 1. The third kappa shape index (κ3) is 3.82. The largest absolute Gasteiger partial charge is 0.486 e. The first kappa shape index (κ1) is 19.7. The van der Waals surface area contributed by atoms with Crippen LogP contribution in [0.1, 0.15) is 22.3 Å². The number of carbonyl (C=O) groups is 1. The van der Waals surface area contributed by atoms with E-state index < -0.39 is 10.0 Å². The number of sulfonamides is 1. The number of benzene rings is 2. The summed E-state index contributed by atoms with van der Waals surface area (Å²) in [5, 5.41) is 0. The second-order valence-electron chi connectivity index (χ2n) is 7.15. The van der Waals surface area contributed by atoms with Crippen LogP contribution in [0.5, 0.6) is 11.5 Å². The van der Waals surface area contributed by atoms with Gasteiger partial charge < -0.3 is 14.2 Å². The highest BCUT2D eigenvalue weighted by atomic mass is 32.2. The molecule has 2 heterocycles. The monoisotopic (exact) mass is 417 g/mol. The van der Waals surface area contributed by atoms with E-state index in [1.807, 2.05) is 12.1 Å².